The third-order valence-electron chi connectivity index (χ3n) is 2.56. The predicted molar refractivity (Wildman–Crippen MR) is 59.2 cm³/mol. The highest BCUT2D eigenvalue weighted by Crippen LogP contribution is 2.16. The van der Waals surface area contributed by atoms with Crippen molar-refractivity contribution in [3.63, 3.8) is 0 Å². The summed E-state index contributed by atoms with van der Waals surface area (Å²) in [6.45, 7) is 2.70. The van der Waals surface area contributed by atoms with Crippen LogP contribution in [0.25, 0.3) is 0 Å². The van der Waals surface area contributed by atoms with E-state index in [1.54, 1.807) is 0 Å². The van der Waals surface area contributed by atoms with Gasteiger partial charge in [0, 0.05) is 25.3 Å². The zero-order valence-electron chi connectivity index (χ0n) is 7.98. The summed E-state index contributed by atoms with van der Waals surface area (Å²) in [6.07, 6.45) is 3.15. The Hall–Kier alpha value is -0.870. The van der Waals surface area contributed by atoms with Crippen LogP contribution in [0.2, 0.25) is 0 Å². The zero-order chi connectivity index (χ0) is 9.97. The van der Waals surface area contributed by atoms with Gasteiger partial charge in [0.15, 0.2) is 0 Å². The van der Waals surface area contributed by atoms with Gasteiger partial charge in [-0.3, -0.25) is 0 Å². The van der Waals surface area contributed by atoms with E-state index in [1.807, 2.05) is 18.3 Å². The monoisotopic (exact) mass is 210 g/mol. The second kappa shape index (κ2) is 4.11. The average molecular weight is 210 g/mol. The summed E-state index contributed by atoms with van der Waals surface area (Å²) in [5.41, 5.74) is 6.56. The molecule has 2 rings (SSSR count). The summed E-state index contributed by atoms with van der Waals surface area (Å²) < 4.78 is 7.44. The molecule has 0 aromatic carbocycles. The second-order valence-corrected chi connectivity index (χ2v) is 4.08. The number of rotatable bonds is 3. The van der Waals surface area contributed by atoms with Gasteiger partial charge in [0.25, 0.3) is 0 Å². The van der Waals surface area contributed by atoms with Crippen molar-refractivity contribution in [3.05, 3.63) is 24.0 Å². The molecule has 4 heteroatoms. The van der Waals surface area contributed by atoms with Gasteiger partial charge < -0.3 is 15.0 Å². The van der Waals surface area contributed by atoms with Crippen molar-refractivity contribution in [2.24, 2.45) is 11.7 Å². The average Bonchev–Trinajstić information content (AvgIpc) is 2.75. The SMILES string of the molecule is NC(=S)c1cccn1CC1CCOC1. The third kappa shape index (κ3) is 1.96. The number of hydrogen-bond acceptors (Lipinski definition) is 2. The van der Waals surface area contributed by atoms with Gasteiger partial charge in [-0.2, -0.15) is 0 Å². The molecule has 1 aliphatic heterocycles. The van der Waals surface area contributed by atoms with Gasteiger partial charge in [-0.15, -0.1) is 0 Å². The van der Waals surface area contributed by atoms with Crippen LogP contribution in [0.5, 0.6) is 0 Å². The summed E-state index contributed by atoms with van der Waals surface area (Å²) in [5, 5.41) is 0. The molecule has 1 aromatic heterocycles. The van der Waals surface area contributed by atoms with Crippen LogP contribution in [-0.4, -0.2) is 22.8 Å². The molecule has 2 heterocycles. The van der Waals surface area contributed by atoms with E-state index in [1.165, 1.54) is 0 Å². The first-order chi connectivity index (χ1) is 6.77. The van der Waals surface area contributed by atoms with E-state index >= 15 is 0 Å². The van der Waals surface area contributed by atoms with Crippen molar-refractivity contribution in [2.75, 3.05) is 13.2 Å². The Balaban J connectivity index is 2.07. The maximum absolute atomic E-state index is 5.61. The molecule has 0 bridgehead atoms. The molecule has 1 saturated heterocycles. The molecule has 0 saturated carbocycles. The van der Waals surface area contributed by atoms with Gasteiger partial charge >= 0.3 is 0 Å². The number of thiocarbonyl (C=S) groups is 1. The first-order valence-corrected chi connectivity index (χ1v) is 5.21. The normalized spacial score (nSPS) is 21.3. The lowest BCUT2D eigenvalue weighted by atomic mass is 10.1. The molecular weight excluding hydrogens is 196 g/mol. The van der Waals surface area contributed by atoms with E-state index in [4.69, 9.17) is 22.7 Å². The van der Waals surface area contributed by atoms with Gasteiger partial charge in [-0.1, -0.05) is 12.2 Å². The van der Waals surface area contributed by atoms with Crippen molar-refractivity contribution < 1.29 is 4.74 Å². The van der Waals surface area contributed by atoms with Crippen LogP contribution >= 0.6 is 12.2 Å². The quantitative estimate of drug-likeness (QED) is 0.761. The maximum atomic E-state index is 5.61. The first kappa shape index (κ1) is 9.68. The Morgan fingerprint density at radius 1 is 1.71 bits per heavy atom. The summed E-state index contributed by atoms with van der Waals surface area (Å²) in [7, 11) is 0. The topological polar surface area (TPSA) is 40.2 Å². The Kier molecular flexibility index (Phi) is 2.84. The predicted octanol–water partition coefficient (Wildman–Crippen LogP) is 1.16. The first-order valence-electron chi connectivity index (χ1n) is 4.80. The highest BCUT2D eigenvalue weighted by molar-refractivity contribution is 7.80. The van der Waals surface area contributed by atoms with E-state index < -0.39 is 0 Å². The van der Waals surface area contributed by atoms with E-state index in [2.05, 4.69) is 4.57 Å². The Labute approximate surface area is 88.8 Å². The molecule has 1 unspecified atom stereocenters. The largest absolute Gasteiger partial charge is 0.388 e. The van der Waals surface area contributed by atoms with Crippen LogP contribution in [0.3, 0.4) is 0 Å². The van der Waals surface area contributed by atoms with Crippen LogP contribution in [-0.2, 0) is 11.3 Å². The van der Waals surface area contributed by atoms with Crippen molar-refractivity contribution in [1.29, 1.82) is 0 Å². The minimum absolute atomic E-state index is 0.467. The maximum Gasteiger partial charge on any atom is 0.120 e. The smallest absolute Gasteiger partial charge is 0.120 e. The van der Waals surface area contributed by atoms with Crippen molar-refractivity contribution in [1.82, 2.24) is 4.57 Å². The van der Waals surface area contributed by atoms with Gasteiger partial charge in [-0.25, -0.2) is 0 Å². The molecule has 1 fully saturated rings. The molecular formula is C10H14N2OS. The van der Waals surface area contributed by atoms with Gasteiger partial charge in [-0.05, 0) is 18.6 Å². The fraction of sp³-hybridized carbons (Fsp3) is 0.500. The second-order valence-electron chi connectivity index (χ2n) is 3.64. The molecule has 14 heavy (non-hydrogen) atoms. The number of aromatic nitrogens is 1. The van der Waals surface area contributed by atoms with Crippen molar-refractivity contribution in [3.8, 4) is 0 Å². The minimum Gasteiger partial charge on any atom is -0.388 e. The summed E-state index contributed by atoms with van der Waals surface area (Å²) in [5.74, 6) is 0.607. The molecule has 0 aliphatic carbocycles. The lowest BCUT2D eigenvalue weighted by Gasteiger charge is -2.11. The molecule has 1 aliphatic rings. The third-order valence-corrected chi connectivity index (χ3v) is 2.77. The number of hydrogen-bond donors (Lipinski definition) is 1. The van der Waals surface area contributed by atoms with Crippen LogP contribution in [0.15, 0.2) is 18.3 Å². The fourth-order valence-electron chi connectivity index (χ4n) is 1.80. The molecule has 0 spiro atoms. The van der Waals surface area contributed by atoms with E-state index in [-0.39, 0.29) is 0 Å². The number of nitrogens with zero attached hydrogens (tertiary/aromatic N) is 1. The summed E-state index contributed by atoms with van der Waals surface area (Å²) in [4.78, 5) is 0.467. The van der Waals surface area contributed by atoms with E-state index in [0.29, 0.717) is 10.9 Å². The minimum atomic E-state index is 0.467. The van der Waals surface area contributed by atoms with Crippen LogP contribution in [0, 0.1) is 5.92 Å². The van der Waals surface area contributed by atoms with Crippen molar-refractivity contribution in [2.45, 2.75) is 13.0 Å². The van der Waals surface area contributed by atoms with Crippen molar-refractivity contribution >= 4 is 17.2 Å². The van der Waals surface area contributed by atoms with Gasteiger partial charge in [0.1, 0.15) is 4.99 Å². The molecule has 76 valence electrons. The molecule has 2 N–H and O–H groups in total. The Morgan fingerprint density at radius 3 is 3.21 bits per heavy atom. The van der Waals surface area contributed by atoms with Crippen LogP contribution < -0.4 is 5.73 Å². The zero-order valence-corrected chi connectivity index (χ0v) is 8.80. The van der Waals surface area contributed by atoms with Crippen LogP contribution in [0.1, 0.15) is 12.1 Å². The fourth-order valence-corrected chi connectivity index (χ4v) is 1.99. The van der Waals surface area contributed by atoms with Gasteiger partial charge in [0.05, 0.1) is 12.3 Å². The highest BCUT2D eigenvalue weighted by atomic mass is 32.1. The Bertz CT molecular complexity index is 329. The highest BCUT2D eigenvalue weighted by Gasteiger charge is 2.17. The molecule has 0 amide bonds. The van der Waals surface area contributed by atoms with E-state index in [0.717, 1.165) is 31.9 Å². The molecule has 0 radical (unpaired) electrons. The van der Waals surface area contributed by atoms with Crippen LogP contribution in [0.4, 0.5) is 0 Å². The lowest BCUT2D eigenvalue weighted by molar-refractivity contribution is 0.182. The number of ether oxygens (including phenoxy) is 1. The summed E-state index contributed by atoms with van der Waals surface area (Å²) >= 11 is 4.97. The number of nitrogens with two attached hydrogens (primary N) is 1. The van der Waals surface area contributed by atoms with E-state index in [9.17, 15) is 0 Å². The Morgan fingerprint density at radius 2 is 2.57 bits per heavy atom. The molecule has 1 atom stereocenters. The van der Waals surface area contributed by atoms with Gasteiger partial charge in [0.2, 0.25) is 0 Å². The molecule has 1 aromatic rings. The standard InChI is InChI=1S/C10H14N2OS/c11-10(14)9-2-1-4-12(9)6-8-3-5-13-7-8/h1-2,4,8H,3,5-7H2,(H2,11,14). The summed E-state index contributed by atoms with van der Waals surface area (Å²) in [6, 6.07) is 3.93. The lowest BCUT2D eigenvalue weighted by Crippen LogP contribution is -2.18. The molecule has 3 nitrogen and oxygen atoms in total.